The van der Waals surface area contributed by atoms with E-state index in [2.05, 4.69) is 4.98 Å². The van der Waals surface area contributed by atoms with E-state index in [0.29, 0.717) is 6.20 Å². The second-order valence-electron chi connectivity index (χ2n) is 2.58. The molecule has 0 aliphatic heterocycles. The maximum absolute atomic E-state index is 12.2. The van der Waals surface area contributed by atoms with Gasteiger partial charge < -0.3 is 0 Å². The van der Waals surface area contributed by atoms with Crippen molar-refractivity contribution in [3.63, 3.8) is 0 Å². The van der Waals surface area contributed by atoms with E-state index in [1.165, 1.54) is 6.07 Å². The summed E-state index contributed by atoms with van der Waals surface area (Å²) < 4.78 is 60.9. The highest BCUT2D eigenvalue weighted by Crippen LogP contribution is 2.33. The lowest BCUT2D eigenvalue weighted by molar-refractivity contribution is -0.138. The van der Waals surface area contributed by atoms with Crippen LogP contribution in [0.25, 0.3) is 0 Å². The maximum atomic E-state index is 12.2. The Kier molecular flexibility index (Phi) is 2.88. The predicted molar refractivity (Wildman–Crippen MR) is 38.9 cm³/mol. The highest BCUT2D eigenvalue weighted by Gasteiger charge is 2.35. The fraction of sp³-hybridized carbons (Fsp3) is 0.250. The highest BCUT2D eigenvalue weighted by molar-refractivity contribution is 5.36. The summed E-state index contributed by atoms with van der Waals surface area (Å²) in [5, 5.41) is 8.31. The lowest BCUT2D eigenvalue weighted by atomic mass is 10.1. The second-order valence-corrected chi connectivity index (χ2v) is 2.58. The third kappa shape index (κ3) is 2.40. The molecule has 0 aromatic carbocycles. The summed E-state index contributed by atoms with van der Waals surface area (Å²) in [6, 6.07) is 1.42. The molecule has 1 heterocycles. The Bertz CT molecular complexity index is 404. The molecule has 80 valence electrons. The monoisotopic (exact) mass is 222 g/mol. The van der Waals surface area contributed by atoms with Gasteiger partial charge in [-0.25, -0.2) is 13.8 Å². The summed E-state index contributed by atoms with van der Waals surface area (Å²) in [4.78, 5) is 3.02. The van der Waals surface area contributed by atoms with Gasteiger partial charge in [-0.05, 0) is 6.07 Å². The van der Waals surface area contributed by atoms with Crippen LogP contribution in [0.5, 0.6) is 0 Å². The molecule has 0 saturated heterocycles. The normalized spacial score (nSPS) is 11.5. The zero-order valence-corrected chi connectivity index (χ0v) is 7.02. The molecule has 2 nitrogen and oxygen atoms in total. The number of hydrogen-bond donors (Lipinski definition) is 0. The number of pyridine rings is 1. The number of nitrogens with zero attached hydrogens (tertiary/aromatic N) is 2. The molecular weight excluding hydrogens is 219 g/mol. The first-order chi connectivity index (χ1) is 6.86. The molecule has 1 rings (SSSR count). The SMILES string of the molecule is N#Cc1ncc(C(F)F)cc1C(F)(F)F. The Balaban J connectivity index is 3.34. The van der Waals surface area contributed by atoms with Crippen molar-refractivity contribution in [3.05, 3.63) is 29.1 Å². The third-order valence-corrected chi connectivity index (χ3v) is 1.57. The quantitative estimate of drug-likeness (QED) is 0.685. The third-order valence-electron chi connectivity index (χ3n) is 1.57. The van der Waals surface area contributed by atoms with Gasteiger partial charge in [0.05, 0.1) is 5.56 Å². The summed E-state index contributed by atoms with van der Waals surface area (Å²) in [7, 11) is 0. The van der Waals surface area contributed by atoms with Gasteiger partial charge in [-0.2, -0.15) is 18.4 Å². The van der Waals surface area contributed by atoms with Crippen molar-refractivity contribution in [3.8, 4) is 6.07 Å². The van der Waals surface area contributed by atoms with Gasteiger partial charge in [0, 0.05) is 11.8 Å². The molecule has 7 heteroatoms. The Morgan fingerprint density at radius 2 is 1.93 bits per heavy atom. The first-order valence-corrected chi connectivity index (χ1v) is 3.61. The van der Waals surface area contributed by atoms with Crippen molar-refractivity contribution in [1.29, 1.82) is 5.26 Å². The van der Waals surface area contributed by atoms with Crippen LogP contribution in [0.15, 0.2) is 12.3 Å². The van der Waals surface area contributed by atoms with E-state index in [-0.39, 0.29) is 6.07 Å². The van der Waals surface area contributed by atoms with Crippen molar-refractivity contribution in [1.82, 2.24) is 4.98 Å². The second kappa shape index (κ2) is 3.81. The van der Waals surface area contributed by atoms with Crippen molar-refractivity contribution in [2.75, 3.05) is 0 Å². The fourth-order valence-corrected chi connectivity index (χ4v) is 0.905. The molecule has 0 atom stereocenters. The molecule has 1 aromatic heterocycles. The van der Waals surface area contributed by atoms with Gasteiger partial charge in [0.2, 0.25) is 0 Å². The molecule has 0 fully saturated rings. The van der Waals surface area contributed by atoms with Gasteiger partial charge in [0.15, 0.2) is 5.69 Å². The zero-order chi connectivity index (χ0) is 11.6. The lowest BCUT2D eigenvalue weighted by Crippen LogP contribution is -2.10. The van der Waals surface area contributed by atoms with Crippen LogP contribution in [0.2, 0.25) is 0 Å². The minimum atomic E-state index is -4.86. The highest BCUT2D eigenvalue weighted by atomic mass is 19.4. The van der Waals surface area contributed by atoms with E-state index >= 15 is 0 Å². The summed E-state index contributed by atoms with van der Waals surface area (Å²) in [5.74, 6) is 0. The van der Waals surface area contributed by atoms with Crippen LogP contribution in [-0.2, 0) is 6.18 Å². The van der Waals surface area contributed by atoms with Crippen LogP contribution >= 0.6 is 0 Å². The first-order valence-electron chi connectivity index (χ1n) is 3.61. The van der Waals surface area contributed by atoms with Gasteiger partial charge >= 0.3 is 6.18 Å². The standard InChI is InChI=1S/C8H3F5N2/c9-7(10)4-1-5(8(11,12)13)6(2-14)15-3-4/h1,3,7H. The Morgan fingerprint density at radius 3 is 2.33 bits per heavy atom. The Hall–Kier alpha value is -1.71. The minimum absolute atomic E-state index is 0.232. The van der Waals surface area contributed by atoms with Gasteiger partial charge in [-0.15, -0.1) is 0 Å². The molecule has 15 heavy (non-hydrogen) atoms. The summed E-state index contributed by atoms with van der Waals surface area (Å²) in [6.45, 7) is 0. The van der Waals surface area contributed by atoms with E-state index < -0.39 is 29.4 Å². The number of hydrogen-bond acceptors (Lipinski definition) is 2. The molecular formula is C8H3F5N2. The predicted octanol–water partition coefficient (Wildman–Crippen LogP) is 2.91. The number of halogens is 5. The zero-order valence-electron chi connectivity index (χ0n) is 7.02. The largest absolute Gasteiger partial charge is 0.419 e. The number of nitriles is 1. The Labute approximate surface area is 81.0 Å². The molecule has 0 N–H and O–H groups in total. The molecule has 0 aliphatic rings. The van der Waals surface area contributed by atoms with E-state index in [1.54, 1.807) is 0 Å². The molecule has 0 amide bonds. The molecule has 0 aliphatic carbocycles. The van der Waals surface area contributed by atoms with Gasteiger partial charge in [0.25, 0.3) is 6.43 Å². The van der Waals surface area contributed by atoms with Crippen molar-refractivity contribution in [2.24, 2.45) is 0 Å². The van der Waals surface area contributed by atoms with Gasteiger partial charge in [-0.1, -0.05) is 0 Å². The molecule has 0 saturated carbocycles. The van der Waals surface area contributed by atoms with Crippen LogP contribution in [0, 0.1) is 11.3 Å². The fourth-order valence-electron chi connectivity index (χ4n) is 0.905. The van der Waals surface area contributed by atoms with E-state index in [9.17, 15) is 22.0 Å². The summed E-state index contributed by atoms with van der Waals surface area (Å²) >= 11 is 0. The van der Waals surface area contributed by atoms with Crippen LogP contribution < -0.4 is 0 Å². The van der Waals surface area contributed by atoms with Gasteiger partial charge in [0.1, 0.15) is 6.07 Å². The van der Waals surface area contributed by atoms with E-state index in [4.69, 9.17) is 5.26 Å². The molecule has 0 spiro atoms. The summed E-state index contributed by atoms with van der Waals surface area (Å²) in [6.07, 6.45) is -7.35. The lowest BCUT2D eigenvalue weighted by Gasteiger charge is -2.09. The molecule has 0 bridgehead atoms. The van der Waals surface area contributed by atoms with Crippen molar-refractivity contribution in [2.45, 2.75) is 12.6 Å². The summed E-state index contributed by atoms with van der Waals surface area (Å²) in [5.41, 5.74) is -3.21. The molecule has 1 aromatic rings. The average molecular weight is 222 g/mol. The van der Waals surface area contributed by atoms with Gasteiger partial charge in [-0.3, -0.25) is 0 Å². The van der Waals surface area contributed by atoms with Crippen LogP contribution in [0.3, 0.4) is 0 Å². The number of alkyl halides is 5. The maximum Gasteiger partial charge on any atom is 0.419 e. The smallest absolute Gasteiger partial charge is 0.244 e. The number of aromatic nitrogens is 1. The van der Waals surface area contributed by atoms with Crippen molar-refractivity contribution < 1.29 is 22.0 Å². The molecule has 0 unspecified atom stereocenters. The topological polar surface area (TPSA) is 36.7 Å². The first kappa shape index (κ1) is 11.4. The van der Waals surface area contributed by atoms with Crippen LogP contribution in [0.1, 0.15) is 23.2 Å². The van der Waals surface area contributed by atoms with E-state index in [0.717, 1.165) is 0 Å². The molecule has 0 radical (unpaired) electrons. The Morgan fingerprint density at radius 1 is 1.33 bits per heavy atom. The van der Waals surface area contributed by atoms with Crippen LogP contribution in [-0.4, -0.2) is 4.98 Å². The van der Waals surface area contributed by atoms with Crippen LogP contribution in [0.4, 0.5) is 22.0 Å². The minimum Gasteiger partial charge on any atom is -0.244 e. The van der Waals surface area contributed by atoms with E-state index in [1.807, 2.05) is 0 Å². The van der Waals surface area contributed by atoms with Crippen molar-refractivity contribution >= 4 is 0 Å². The average Bonchev–Trinajstić information content (AvgIpc) is 2.15. The number of rotatable bonds is 1.